The van der Waals surface area contributed by atoms with E-state index >= 15 is 0 Å². The third-order valence-corrected chi connectivity index (χ3v) is 4.83. The van der Waals surface area contributed by atoms with Gasteiger partial charge < -0.3 is 0 Å². The first-order chi connectivity index (χ1) is 8.35. The summed E-state index contributed by atoms with van der Waals surface area (Å²) in [6, 6.07) is 0. The Bertz CT molecular complexity index is 123. The fraction of sp³-hybridized carbons (Fsp3) is 1.00. The number of rotatable bonds is 13. The molecule has 0 aliphatic rings. The molecule has 0 aliphatic carbocycles. The van der Waals surface area contributed by atoms with Gasteiger partial charge in [-0.2, -0.15) is 11.8 Å². The molecule has 0 radical (unpaired) electrons. The van der Waals surface area contributed by atoms with E-state index in [0.717, 1.165) is 5.25 Å². The lowest BCUT2D eigenvalue weighted by Gasteiger charge is -2.16. The summed E-state index contributed by atoms with van der Waals surface area (Å²) in [5, 5.41) is 0.963. The molecule has 0 N–H and O–H groups in total. The van der Waals surface area contributed by atoms with Crippen LogP contribution >= 0.6 is 11.8 Å². The molecule has 0 aromatic rings. The molecule has 0 amide bonds. The van der Waals surface area contributed by atoms with Crippen molar-refractivity contribution in [1.82, 2.24) is 0 Å². The van der Waals surface area contributed by atoms with E-state index in [4.69, 9.17) is 0 Å². The molecule has 1 heteroatoms. The van der Waals surface area contributed by atoms with Crippen molar-refractivity contribution in [2.75, 3.05) is 5.75 Å². The van der Waals surface area contributed by atoms with Gasteiger partial charge >= 0.3 is 0 Å². The van der Waals surface area contributed by atoms with Crippen LogP contribution in [0, 0.1) is 0 Å². The zero-order chi connectivity index (χ0) is 12.8. The molecule has 0 aliphatic heterocycles. The van der Waals surface area contributed by atoms with Gasteiger partial charge in [0.05, 0.1) is 0 Å². The zero-order valence-electron chi connectivity index (χ0n) is 12.5. The predicted octanol–water partition coefficient (Wildman–Crippen LogP) is 6.44. The fourth-order valence-corrected chi connectivity index (χ4v) is 3.53. The molecular weight excluding hydrogens is 224 g/mol. The predicted molar refractivity (Wildman–Crippen MR) is 84.1 cm³/mol. The van der Waals surface area contributed by atoms with E-state index in [1.165, 1.54) is 76.4 Å². The topological polar surface area (TPSA) is 0 Å². The fourth-order valence-electron chi connectivity index (χ4n) is 2.16. The number of thioether (sulfide) groups is 1. The Hall–Kier alpha value is 0.350. The summed E-state index contributed by atoms with van der Waals surface area (Å²) in [5.41, 5.74) is 0. The number of hydrogen-bond donors (Lipinski definition) is 0. The first kappa shape index (κ1) is 17.4. The Morgan fingerprint density at radius 3 is 1.59 bits per heavy atom. The van der Waals surface area contributed by atoms with Gasteiger partial charge in [0.2, 0.25) is 0 Å². The molecular formula is C16H34S. The molecule has 0 rings (SSSR count). The van der Waals surface area contributed by atoms with Crippen molar-refractivity contribution >= 4 is 11.8 Å². The third kappa shape index (κ3) is 12.6. The smallest absolute Gasteiger partial charge is 0.00470 e. The van der Waals surface area contributed by atoms with Gasteiger partial charge in [-0.25, -0.2) is 0 Å². The average molecular weight is 259 g/mol. The molecule has 0 saturated carbocycles. The van der Waals surface area contributed by atoms with E-state index in [1.807, 2.05) is 0 Å². The van der Waals surface area contributed by atoms with Crippen LogP contribution in [-0.4, -0.2) is 11.0 Å². The molecule has 0 atom stereocenters. The molecule has 0 saturated heterocycles. The standard InChI is InChI=1S/C16H34S/c1-4-7-10-13-16(14-11-8-5-2)17-15-12-9-6-3/h16H,4-15H2,1-3H3. The van der Waals surface area contributed by atoms with Gasteiger partial charge in [0.1, 0.15) is 0 Å². The van der Waals surface area contributed by atoms with E-state index in [2.05, 4.69) is 32.5 Å². The van der Waals surface area contributed by atoms with Crippen LogP contribution in [0.3, 0.4) is 0 Å². The second kappa shape index (κ2) is 14.4. The van der Waals surface area contributed by atoms with Crippen molar-refractivity contribution in [3.8, 4) is 0 Å². The highest BCUT2D eigenvalue weighted by atomic mass is 32.2. The van der Waals surface area contributed by atoms with Crippen molar-refractivity contribution in [3.05, 3.63) is 0 Å². The highest BCUT2D eigenvalue weighted by Gasteiger charge is 2.08. The molecule has 104 valence electrons. The summed E-state index contributed by atoms with van der Waals surface area (Å²) in [4.78, 5) is 0. The maximum Gasteiger partial charge on any atom is 0.00470 e. The quantitative estimate of drug-likeness (QED) is 0.343. The Labute approximate surface area is 114 Å². The van der Waals surface area contributed by atoms with E-state index in [-0.39, 0.29) is 0 Å². The summed E-state index contributed by atoms with van der Waals surface area (Å²) in [6.45, 7) is 6.91. The van der Waals surface area contributed by atoms with Gasteiger partial charge in [-0.05, 0) is 25.0 Å². The Balaban J connectivity index is 3.60. The van der Waals surface area contributed by atoms with E-state index < -0.39 is 0 Å². The van der Waals surface area contributed by atoms with Gasteiger partial charge in [-0.1, -0.05) is 72.1 Å². The molecule has 0 unspecified atom stereocenters. The van der Waals surface area contributed by atoms with Gasteiger partial charge in [0, 0.05) is 5.25 Å². The van der Waals surface area contributed by atoms with Gasteiger partial charge in [0.25, 0.3) is 0 Å². The third-order valence-electron chi connectivity index (χ3n) is 3.36. The average Bonchev–Trinajstić information content (AvgIpc) is 2.34. The van der Waals surface area contributed by atoms with Gasteiger partial charge in [0.15, 0.2) is 0 Å². The summed E-state index contributed by atoms with van der Waals surface area (Å²) < 4.78 is 0. The van der Waals surface area contributed by atoms with Crippen LogP contribution < -0.4 is 0 Å². The summed E-state index contributed by atoms with van der Waals surface area (Å²) in [6.07, 6.45) is 15.6. The molecule has 0 fully saturated rings. The molecule has 0 aromatic carbocycles. The van der Waals surface area contributed by atoms with Crippen molar-refractivity contribution in [2.45, 2.75) is 96.7 Å². The minimum atomic E-state index is 0.963. The molecule has 0 nitrogen and oxygen atoms in total. The van der Waals surface area contributed by atoms with Crippen molar-refractivity contribution < 1.29 is 0 Å². The zero-order valence-corrected chi connectivity index (χ0v) is 13.3. The lowest BCUT2D eigenvalue weighted by atomic mass is 10.1. The summed E-state index contributed by atoms with van der Waals surface area (Å²) in [5.74, 6) is 1.40. The SMILES string of the molecule is CCCCCSC(CCCCC)CCCCC. The lowest BCUT2D eigenvalue weighted by molar-refractivity contribution is 0.583. The maximum absolute atomic E-state index is 2.31. The monoisotopic (exact) mass is 258 g/mol. The molecule has 0 heterocycles. The molecule has 0 aromatic heterocycles. The Kier molecular flexibility index (Phi) is 14.7. The van der Waals surface area contributed by atoms with Gasteiger partial charge in [-0.15, -0.1) is 0 Å². The van der Waals surface area contributed by atoms with Crippen LogP contribution in [0.2, 0.25) is 0 Å². The minimum absolute atomic E-state index is 0.963. The van der Waals surface area contributed by atoms with E-state index in [9.17, 15) is 0 Å². The summed E-state index contributed by atoms with van der Waals surface area (Å²) >= 11 is 2.26. The van der Waals surface area contributed by atoms with Crippen molar-refractivity contribution in [3.63, 3.8) is 0 Å². The van der Waals surface area contributed by atoms with Crippen LogP contribution in [0.5, 0.6) is 0 Å². The lowest BCUT2D eigenvalue weighted by Crippen LogP contribution is -2.04. The molecule has 0 bridgehead atoms. The van der Waals surface area contributed by atoms with E-state index in [0.29, 0.717) is 0 Å². The molecule has 0 spiro atoms. The van der Waals surface area contributed by atoms with E-state index in [1.54, 1.807) is 0 Å². The highest BCUT2D eigenvalue weighted by molar-refractivity contribution is 7.99. The van der Waals surface area contributed by atoms with Crippen LogP contribution in [0.15, 0.2) is 0 Å². The normalized spacial score (nSPS) is 11.3. The number of unbranched alkanes of at least 4 members (excludes halogenated alkanes) is 6. The number of hydrogen-bond acceptors (Lipinski definition) is 1. The minimum Gasteiger partial charge on any atom is -0.159 e. The Morgan fingerprint density at radius 1 is 0.647 bits per heavy atom. The second-order valence-electron chi connectivity index (χ2n) is 5.19. The van der Waals surface area contributed by atoms with Crippen LogP contribution in [-0.2, 0) is 0 Å². The van der Waals surface area contributed by atoms with Gasteiger partial charge in [-0.3, -0.25) is 0 Å². The first-order valence-corrected chi connectivity index (χ1v) is 9.01. The van der Waals surface area contributed by atoms with Crippen molar-refractivity contribution in [2.24, 2.45) is 0 Å². The summed E-state index contributed by atoms with van der Waals surface area (Å²) in [7, 11) is 0. The van der Waals surface area contributed by atoms with Crippen LogP contribution in [0.25, 0.3) is 0 Å². The maximum atomic E-state index is 2.31. The van der Waals surface area contributed by atoms with Crippen LogP contribution in [0.1, 0.15) is 91.4 Å². The molecule has 17 heavy (non-hydrogen) atoms. The van der Waals surface area contributed by atoms with Crippen molar-refractivity contribution in [1.29, 1.82) is 0 Å². The van der Waals surface area contributed by atoms with Crippen LogP contribution in [0.4, 0.5) is 0 Å². The first-order valence-electron chi connectivity index (χ1n) is 7.96. The highest BCUT2D eigenvalue weighted by Crippen LogP contribution is 2.24. The largest absolute Gasteiger partial charge is 0.159 e. The second-order valence-corrected chi connectivity index (χ2v) is 6.60. The Morgan fingerprint density at radius 2 is 1.12 bits per heavy atom.